The Balaban J connectivity index is 2.56. The van der Waals surface area contributed by atoms with Gasteiger partial charge in [0.2, 0.25) is 5.91 Å². The molecule has 1 rings (SSSR count). The summed E-state index contributed by atoms with van der Waals surface area (Å²) in [6, 6.07) is 5.91. The highest BCUT2D eigenvalue weighted by Gasteiger charge is 2.12. The molecule has 0 aliphatic rings. The van der Waals surface area contributed by atoms with Crippen molar-refractivity contribution in [3.05, 3.63) is 41.7 Å². The number of carbonyl (C=O) groups is 1. The van der Waals surface area contributed by atoms with E-state index in [0.717, 1.165) is 5.56 Å². The molecule has 1 amide bonds. The van der Waals surface area contributed by atoms with Crippen molar-refractivity contribution in [2.24, 2.45) is 11.7 Å². The van der Waals surface area contributed by atoms with Crippen molar-refractivity contribution in [3.8, 4) is 0 Å². The Kier molecular flexibility index (Phi) is 5.52. The first-order chi connectivity index (χ1) is 8.52. The van der Waals surface area contributed by atoms with Crippen molar-refractivity contribution in [2.45, 2.75) is 19.9 Å². The van der Waals surface area contributed by atoms with Crippen LogP contribution in [0.15, 0.2) is 30.3 Å². The summed E-state index contributed by atoms with van der Waals surface area (Å²) in [6.45, 7) is 4.41. The Hall–Kier alpha value is -1.68. The first-order valence-corrected chi connectivity index (χ1v) is 5.97. The van der Waals surface area contributed by atoms with Gasteiger partial charge in [-0.3, -0.25) is 4.79 Å². The van der Waals surface area contributed by atoms with Crippen molar-refractivity contribution in [3.63, 3.8) is 0 Å². The molecule has 3 N–H and O–H groups in total. The van der Waals surface area contributed by atoms with Gasteiger partial charge in [-0.05, 0) is 29.7 Å². The molecule has 18 heavy (non-hydrogen) atoms. The fraction of sp³-hybridized carbons (Fsp3) is 0.357. The number of rotatable bonds is 5. The number of hydrogen-bond acceptors (Lipinski definition) is 2. The van der Waals surface area contributed by atoms with E-state index in [0.29, 0.717) is 6.54 Å². The maximum Gasteiger partial charge on any atom is 0.244 e. The van der Waals surface area contributed by atoms with Crippen LogP contribution in [0, 0.1) is 11.7 Å². The molecule has 0 heterocycles. The summed E-state index contributed by atoms with van der Waals surface area (Å²) in [7, 11) is 0. The highest BCUT2D eigenvalue weighted by Crippen LogP contribution is 2.05. The van der Waals surface area contributed by atoms with Crippen molar-refractivity contribution in [1.82, 2.24) is 5.32 Å². The SMILES string of the molecule is CC(C)C(CN)NC(=O)C=Cc1ccc(F)cc1. The predicted octanol–water partition coefficient (Wildman–Crippen LogP) is 1.94. The third-order valence-electron chi connectivity index (χ3n) is 2.68. The molecule has 1 atom stereocenters. The highest BCUT2D eigenvalue weighted by atomic mass is 19.1. The summed E-state index contributed by atoms with van der Waals surface area (Å²) in [5.41, 5.74) is 6.34. The molecule has 4 heteroatoms. The quantitative estimate of drug-likeness (QED) is 0.785. The zero-order valence-corrected chi connectivity index (χ0v) is 10.7. The molecule has 1 unspecified atom stereocenters. The Labute approximate surface area is 107 Å². The van der Waals surface area contributed by atoms with Gasteiger partial charge in [-0.15, -0.1) is 0 Å². The summed E-state index contributed by atoms with van der Waals surface area (Å²) in [6.07, 6.45) is 3.07. The van der Waals surface area contributed by atoms with E-state index in [-0.39, 0.29) is 23.7 Å². The second-order valence-electron chi connectivity index (χ2n) is 4.48. The van der Waals surface area contributed by atoms with E-state index >= 15 is 0 Å². The molecule has 3 nitrogen and oxygen atoms in total. The zero-order valence-electron chi connectivity index (χ0n) is 10.7. The Morgan fingerprint density at radius 3 is 2.50 bits per heavy atom. The average molecular weight is 250 g/mol. The van der Waals surface area contributed by atoms with Crippen LogP contribution in [0.4, 0.5) is 4.39 Å². The molecular weight excluding hydrogens is 231 g/mol. The predicted molar refractivity (Wildman–Crippen MR) is 71.3 cm³/mol. The highest BCUT2D eigenvalue weighted by molar-refractivity contribution is 5.91. The lowest BCUT2D eigenvalue weighted by atomic mass is 10.0. The maximum atomic E-state index is 12.7. The summed E-state index contributed by atoms with van der Waals surface area (Å²) in [5.74, 6) is -0.193. The van der Waals surface area contributed by atoms with E-state index in [9.17, 15) is 9.18 Å². The van der Waals surface area contributed by atoms with Crippen molar-refractivity contribution in [2.75, 3.05) is 6.54 Å². The van der Waals surface area contributed by atoms with Crippen LogP contribution in [0.1, 0.15) is 19.4 Å². The number of benzene rings is 1. The van der Waals surface area contributed by atoms with Gasteiger partial charge < -0.3 is 11.1 Å². The topological polar surface area (TPSA) is 55.1 Å². The van der Waals surface area contributed by atoms with Crippen molar-refractivity contribution >= 4 is 12.0 Å². The van der Waals surface area contributed by atoms with Crippen molar-refractivity contribution in [1.29, 1.82) is 0 Å². The lowest BCUT2D eigenvalue weighted by Gasteiger charge is -2.19. The van der Waals surface area contributed by atoms with Crippen LogP contribution in [0.25, 0.3) is 6.08 Å². The first-order valence-electron chi connectivity index (χ1n) is 5.97. The van der Waals surface area contributed by atoms with Crippen LogP contribution in [-0.2, 0) is 4.79 Å². The van der Waals surface area contributed by atoms with Crippen LogP contribution in [-0.4, -0.2) is 18.5 Å². The Morgan fingerprint density at radius 1 is 1.39 bits per heavy atom. The smallest absolute Gasteiger partial charge is 0.244 e. The van der Waals surface area contributed by atoms with Gasteiger partial charge in [0, 0.05) is 18.7 Å². The van der Waals surface area contributed by atoms with Gasteiger partial charge in [-0.2, -0.15) is 0 Å². The fourth-order valence-electron chi connectivity index (χ4n) is 1.47. The largest absolute Gasteiger partial charge is 0.348 e. The minimum absolute atomic E-state index is 0.0321. The van der Waals surface area contributed by atoms with E-state index < -0.39 is 0 Å². The molecule has 0 aromatic heterocycles. The number of halogens is 1. The van der Waals surface area contributed by atoms with Gasteiger partial charge in [0.05, 0.1) is 0 Å². The normalized spacial score (nSPS) is 12.9. The monoisotopic (exact) mass is 250 g/mol. The third kappa shape index (κ3) is 4.67. The number of nitrogens with one attached hydrogen (secondary N) is 1. The van der Waals surface area contributed by atoms with Gasteiger partial charge in [-0.25, -0.2) is 4.39 Å². The molecule has 0 saturated carbocycles. The van der Waals surface area contributed by atoms with Crippen LogP contribution in [0.5, 0.6) is 0 Å². The summed E-state index contributed by atoms with van der Waals surface area (Å²) in [5, 5.41) is 2.82. The maximum absolute atomic E-state index is 12.7. The average Bonchev–Trinajstić information content (AvgIpc) is 2.35. The van der Waals surface area contributed by atoms with Gasteiger partial charge in [0.15, 0.2) is 0 Å². The molecule has 1 aromatic carbocycles. The van der Waals surface area contributed by atoms with Crippen LogP contribution >= 0.6 is 0 Å². The molecule has 0 saturated heterocycles. The fourth-order valence-corrected chi connectivity index (χ4v) is 1.47. The summed E-state index contributed by atoms with van der Waals surface area (Å²) < 4.78 is 12.7. The van der Waals surface area contributed by atoms with E-state index in [1.54, 1.807) is 18.2 Å². The molecule has 1 aromatic rings. The van der Waals surface area contributed by atoms with Gasteiger partial charge >= 0.3 is 0 Å². The van der Waals surface area contributed by atoms with Crippen LogP contribution in [0.2, 0.25) is 0 Å². The molecule has 0 fully saturated rings. The molecule has 0 bridgehead atoms. The second kappa shape index (κ2) is 6.91. The van der Waals surface area contributed by atoms with E-state index in [1.807, 2.05) is 13.8 Å². The standard InChI is InChI=1S/C14H19FN2O/c1-10(2)13(9-16)17-14(18)8-5-11-3-6-12(15)7-4-11/h3-8,10,13H,9,16H2,1-2H3,(H,17,18). The second-order valence-corrected chi connectivity index (χ2v) is 4.48. The number of carbonyl (C=O) groups excluding carboxylic acids is 1. The van der Waals surface area contributed by atoms with E-state index in [4.69, 9.17) is 5.73 Å². The minimum Gasteiger partial charge on any atom is -0.348 e. The Morgan fingerprint density at radius 2 is 2.00 bits per heavy atom. The molecule has 0 radical (unpaired) electrons. The van der Waals surface area contributed by atoms with Crippen LogP contribution < -0.4 is 11.1 Å². The van der Waals surface area contributed by atoms with E-state index in [2.05, 4.69) is 5.32 Å². The molecule has 98 valence electrons. The lowest BCUT2D eigenvalue weighted by molar-refractivity contribution is -0.117. The van der Waals surface area contributed by atoms with Gasteiger partial charge in [-0.1, -0.05) is 26.0 Å². The van der Waals surface area contributed by atoms with Gasteiger partial charge in [0.1, 0.15) is 5.82 Å². The van der Waals surface area contributed by atoms with Crippen LogP contribution in [0.3, 0.4) is 0 Å². The molecule has 0 aliphatic carbocycles. The number of hydrogen-bond donors (Lipinski definition) is 2. The minimum atomic E-state index is -0.292. The van der Waals surface area contributed by atoms with Gasteiger partial charge in [0.25, 0.3) is 0 Å². The Bertz CT molecular complexity index is 412. The zero-order chi connectivity index (χ0) is 13.5. The third-order valence-corrected chi connectivity index (χ3v) is 2.68. The van der Waals surface area contributed by atoms with E-state index in [1.165, 1.54) is 18.2 Å². The summed E-state index contributed by atoms with van der Waals surface area (Å²) in [4.78, 5) is 11.6. The molecule has 0 aliphatic heterocycles. The number of nitrogens with two attached hydrogens (primary N) is 1. The molecule has 0 spiro atoms. The molecular formula is C14H19FN2O. The van der Waals surface area contributed by atoms with Crippen molar-refractivity contribution < 1.29 is 9.18 Å². The first kappa shape index (κ1) is 14.4. The summed E-state index contributed by atoms with van der Waals surface area (Å²) >= 11 is 0. The lowest BCUT2D eigenvalue weighted by Crippen LogP contribution is -2.42. The number of amides is 1.